The van der Waals surface area contributed by atoms with E-state index in [2.05, 4.69) is 15.4 Å². The summed E-state index contributed by atoms with van der Waals surface area (Å²) in [6, 6.07) is 21.4. The van der Waals surface area contributed by atoms with E-state index < -0.39 is 21.7 Å². The molecule has 0 bridgehead atoms. The van der Waals surface area contributed by atoms with Crippen molar-refractivity contribution in [3.63, 3.8) is 0 Å². The van der Waals surface area contributed by atoms with E-state index in [-0.39, 0.29) is 22.1 Å². The molecule has 0 saturated carbocycles. The Morgan fingerprint density at radius 3 is 2.36 bits per heavy atom. The zero-order valence-electron chi connectivity index (χ0n) is 19.0. The molecule has 3 N–H and O–H groups in total. The van der Waals surface area contributed by atoms with Gasteiger partial charge in [-0.2, -0.15) is 5.10 Å². The summed E-state index contributed by atoms with van der Waals surface area (Å²) in [6.07, 6.45) is 1.44. The van der Waals surface area contributed by atoms with Crippen LogP contribution in [0.2, 0.25) is 0 Å². The zero-order valence-corrected chi connectivity index (χ0v) is 19.8. The fourth-order valence-electron chi connectivity index (χ4n) is 3.97. The normalized spacial score (nSPS) is 11.5. The maximum Gasteiger partial charge on any atom is 0.275 e. The summed E-state index contributed by atoms with van der Waals surface area (Å²) in [7, 11) is -3.93. The lowest BCUT2D eigenvalue weighted by Crippen LogP contribution is -2.18. The number of primary sulfonamides is 1. The van der Waals surface area contributed by atoms with Crippen molar-refractivity contribution in [1.82, 2.24) is 14.8 Å². The number of nitrogens with two attached hydrogens (primary N) is 1. The van der Waals surface area contributed by atoms with Gasteiger partial charge in [-0.1, -0.05) is 42.5 Å². The van der Waals surface area contributed by atoms with Crippen molar-refractivity contribution in [2.24, 2.45) is 5.14 Å². The van der Waals surface area contributed by atoms with Crippen molar-refractivity contribution in [1.29, 1.82) is 0 Å². The van der Waals surface area contributed by atoms with Crippen LogP contribution in [0.3, 0.4) is 0 Å². The van der Waals surface area contributed by atoms with Crippen LogP contribution < -0.4 is 10.5 Å². The highest BCUT2D eigenvalue weighted by Crippen LogP contribution is 2.27. The number of aryl methyl sites for hydroxylation is 1. The molecule has 0 saturated heterocycles. The van der Waals surface area contributed by atoms with Crippen LogP contribution >= 0.6 is 0 Å². The number of aromatic nitrogens is 3. The molecule has 2 heterocycles. The van der Waals surface area contributed by atoms with Gasteiger partial charge in [0.2, 0.25) is 10.0 Å². The molecule has 2 aromatic heterocycles. The van der Waals surface area contributed by atoms with Gasteiger partial charge >= 0.3 is 0 Å². The number of sulfonamides is 1. The molecule has 0 aliphatic heterocycles. The highest BCUT2D eigenvalue weighted by atomic mass is 32.2. The van der Waals surface area contributed by atoms with Crippen LogP contribution in [0, 0.1) is 12.7 Å². The number of carbonyl (C=O) groups is 1. The number of hydrogen-bond acceptors (Lipinski definition) is 5. The Bertz CT molecular complexity index is 1730. The van der Waals surface area contributed by atoms with Crippen LogP contribution in [0.15, 0.2) is 90.0 Å². The number of rotatable bonds is 5. The number of halogens is 1. The van der Waals surface area contributed by atoms with Crippen LogP contribution in [0.1, 0.15) is 16.2 Å². The van der Waals surface area contributed by atoms with E-state index in [4.69, 9.17) is 5.14 Å². The quantitative estimate of drug-likeness (QED) is 0.369. The Kier molecular flexibility index (Phi) is 5.83. The molecule has 5 rings (SSSR count). The van der Waals surface area contributed by atoms with E-state index in [0.29, 0.717) is 16.8 Å². The summed E-state index contributed by atoms with van der Waals surface area (Å²) < 4.78 is 40.0. The Balaban J connectivity index is 1.45. The van der Waals surface area contributed by atoms with Gasteiger partial charge in [0, 0.05) is 17.3 Å². The predicted octanol–water partition coefficient (Wildman–Crippen LogP) is 4.43. The number of benzene rings is 3. The van der Waals surface area contributed by atoms with Gasteiger partial charge in [0.1, 0.15) is 23.0 Å². The predicted molar refractivity (Wildman–Crippen MR) is 135 cm³/mol. The summed E-state index contributed by atoms with van der Waals surface area (Å²) in [5, 5.41) is 13.9. The third kappa shape index (κ3) is 4.47. The number of fused-ring (bicyclic) bond motifs is 1. The molecule has 1 amide bonds. The molecular formula is C26H20FN5O3S. The molecule has 0 unspecified atom stereocenters. The maximum atomic E-state index is 15.0. The average Bonchev–Trinajstić information content (AvgIpc) is 3.25. The average molecular weight is 502 g/mol. The minimum Gasteiger partial charge on any atom is -0.305 e. The fourth-order valence-corrected chi connectivity index (χ4v) is 4.73. The third-order valence-corrected chi connectivity index (χ3v) is 6.59. The van der Waals surface area contributed by atoms with Crippen molar-refractivity contribution < 1.29 is 17.6 Å². The SMILES string of the molecule is Cc1cc(C(=O)Nc2ccc(-c3ccccc3S(N)(=O)=O)cn2)n(-c2cc3ccccc3cc2F)n1. The summed E-state index contributed by atoms with van der Waals surface area (Å²) in [5.41, 5.74) is 1.72. The smallest absolute Gasteiger partial charge is 0.275 e. The molecule has 0 spiro atoms. The minimum absolute atomic E-state index is 0.0274. The van der Waals surface area contributed by atoms with E-state index in [1.165, 1.54) is 29.1 Å². The van der Waals surface area contributed by atoms with Gasteiger partial charge in [-0.3, -0.25) is 4.79 Å². The fraction of sp³-hybridized carbons (Fsp3) is 0.0385. The Morgan fingerprint density at radius 2 is 1.67 bits per heavy atom. The minimum atomic E-state index is -3.93. The Labute approximate surface area is 206 Å². The summed E-state index contributed by atoms with van der Waals surface area (Å²) in [5.74, 6) is -0.823. The van der Waals surface area contributed by atoms with E-state index in [9.17, 15) is 17.6 Å². The Hall–Kier alpha value is -4.41. The first-order chi connectivity index (χ1) is 17.2. The number of carbonyl (C=O) groups excluding carboxylic acids is 1. The first-order valence-corrected chi connectivity index (χ1v) is 12.4. The number of nitrogens with zero attached hydrogens (tertiary/aromatic N) is 3. The molecule has 8 nitrogen and oxygen atoms in total. The molecule has 0 aliphatic carbocycles. The van der Waals surface area contributed by atoms with Crippen LogP contribution in [-0.4, -0.2) is 29.1 Å². The monoisotopic (exact) mass is 501 g/mol. The maximum absolute atomic E-state index is 15.0. The highest BCUT2D eigenvalue weighted by molar-refractivity contribution is 7.89. The van der Waals surface area contributed by atoms with Crippen molar-refractivity contribution in [3.8, 4) is 16.8 Å². The molecule has 10 heteroatoms. The van der Waals surface area contributed by atoms with Crippen LogP contribution in [0.25, 0.3) is 27.6 Å². The van der Waals surface area contributed by atoms with Gasteiger partial charge in [0.25, 0.3) is 5.91 Å². The number of nitrogens with one attached hydrogen (secondary N) is 1. The summed E-state index contributed by atoms with van der Waals surface area (Å²) in [4.78, 5) is 17.3. The molecule has 3 aromatic carbocycles. The number of amides is 1. The van der Waals surface area contributed by atoms with Crippen LogP contribution in [0.4, 0.5) is 10.2 Å². The molecular weight excluding hydrogens is 481 g/mol. The number of anilines is 1. The zero-order chi connectivity index (χ0) is 25.4. The van der Waals surface area contributed by atoms with E-state index in [0.717, 1.165) is 10.8 Å². The van der Waals surface area contributed by atoms with E-state index in [1.807, 2.05) is 18.2 Å². The Morgan fingerprint density at radius 1 is 0.972 bits per heavy atom. The summed E-state index contributed by atoms with van der Waals surface area (Å²) in [6.45, 7) is 1.71. The topological polar surface area (TPSA) is 120 Å². The van der Waals surface area contributed by atoms with Gasteiger partial charge in [0.05, 0.1) is 10.6 Å². The van der Waals surface area contributed by atoms with E-state index >= 15 is 0 Å². The molecule has 180 valence electrons. The van der Waals surface area contributed by atoms with Crippen molar-refractivity contribution in [2.45, 2.75) is 11.8 Å². The molecule has 5 aromatic rings. The third-order valence-electron chi connectivity index (χ3n) is 5.62. The van der Waals surface area contributed by atoms with Crippen LogP contribution in [-0.2, 0) is 10.0 Å². The molecule has 36 heavy (non-hydrogen) atoms. The molecule has 0 atom stereocenters. The second-order valence-electron chi connectivity index (χ2n) is 8.16. The standard InChI is InChI=1S/C26H20FN5O3S/c1-16-12-23(32(31-16)22-14-18-7-3-2-6-17(18)13-21(22)27)26(33)30-25-11-10-19(15-29-25)20-8-4-5-9-24(20)36(28,34)35/h2-15H,1H3,(H2,28,34,35)(H,29,30,33). The number of hydrogen-bond donors (Lipinski definition) is 2. The van der Waals surface area contributed by atoms with Gasteiger partial charge in [-0.25, -0.2) is 27.6 Å². The second kappa shape index (κ2) is 8.99. The van der Waals surface area contributed by atoms with Crippen molar-refractivity contribution >= 4 is 32.5 Å². The molecule has 0 radical (unpaired) electrons. The molecule has 0 fully saturated rings. The lowest BCUT2D eigenvalue weighted by Gasteiger charge is -2.11. The van der Waals surface area contributed by atoms with E-state index in [1.54, 1.807) is 49.4 Å². The number of pyridine rings is 1. The van der Waals surface area contributed by atoms with Gasteiger partial charge in [-0.05, 0) is 54.1 Å². The van der Waals surface area contributed by atoms with Gasteiger partial charge in [-0.15, -0.1) is 0 Å². The molecule has 0 aliphatic rings. The van der Waals surface area contributed by atoms with Gasteiger partial charge < -0.3 is 5.32 Å². The first kappa shape index (κ1) is 23.3. The largest absolute Gasteiger partial charge is 0.305 e. The lowest BCUT2D eigenvalue weighted by atomic mass is 10.1. The lowest BCUT2D eigenvalue weighted by molar-refractivity contribution is 0.101. The van der Waals surface area contributed by atoms with Crippen molar-refractivity contribution in [2.75, 3.05) is 5.32 Å². The first-order valence-electron chi connectivity index (χ1n) is 10.9. The van der Waals surface area contributed by atoms with Crippen molar-refractivity contribution in [3.05, 3.63) is 102 Å². The highest BCUT2D eigenvalue weighted by Gasteiger charge is 2.20. The second-order valence-corrected chi connectivity index (χ2v) is 9.69. The summed E-state index contributed by atoms with van der Waals surface area (Å²) >= 11 is 0. The van der Waals surface area contributed by atoms with Crippen LogP contribution in [0.5, 0.6) is 0 Å². The van der Waals surface area contributed by atoms with Gasteiger partial charge in [0.15, 0.2) is 0 Å².